The third-order valence-corrected chi connectivity index (χ3v) is 4.82. The highest BCUT2D eigenvalue weighted by atomic mass is 16.7. The van der Waals surface area contributed by atoms with Crippen molar-refractivity contribution in [2.45, 2.75) is 45.4 Å². The normalized spacial score (nSPS) is 18.6. The van der Waals surface area contributed by atoms with Gasteiger partial charge in [0.05, 0.1) is 16.8 Å². The third kappa shape index (κ3) is 3.30. The van der Waals surface area contributed by atoms with Gasteiger partial charge < -0.3 is 14.2 Å². The summed E-state index contributed by atoms with van der Waals surface area (Å²) in [6.45, 7) is 8.90. The van der Waals surface area contributed by atoms with Gasteiger partial charge in [0.15, 0.2) is 5.82 Å². The summed E-state index contributed by atoms with van der Waals surface area (Å²) in [5.74, 6) is 0.819. The van der Waals surface area contributed by atoms with Crippen LogP contribution in [-0.2, 0) is 15.9 Å². The monoisotopic (exact) mass is 325 g/mol. The smallest absolute Gasteiger partial charge is 0.398 e. The maximum absolute atomic E-state index is 6.01. The van der Waals surface area contributed by atoms with Crippen molar-refractivity contribution in [2.24, 2.45) is 0 Å². The van der Waals surface area contributed by atoms with Gasteiger partial charge in [-0.3, -0.25) is 0 Å². The number of hydrogen-bond donors (Lipinski definition) is 0. The molecule has 1 aromatic heterocycles. The Morgan fingerprint density at radius 2 is 1.54 bits per heavy atom. The minimum absolute atomic E-state index is 0.373. The van der Waals surface area contributed by atoms with Gasteiger partial charge >= 0.3 is 7.12 Å². The summed E-state index contributed by atoms with van der Waals surface area (Å²) in [5.41, 5.74) is 1.19. The molecule has 1 aliphatic heterocycles. The predicted octanol–water partition coefficient (Wildman–Crippen LogP) is 2.41. The number of nitrogens with zero attached hydrogens (tertiary/aromatic N) is 3. The van der Waals surface area contributed by atoms with Crippen molar-refractivity contribution >= 4 is 18.5 Å². The molecule has 0 N–H and O–H groups in total. The Morgan fingerprint density at radius 3 is 2.08 bits per heavy atom. The third-order valence-electron chi connectivity index (χ3n) is 4.82. The number of hydrogen-bond acceptors (Lipinski definition) is 5. The average molecular weight is 325 g/mol. The first kappa shape index (κ1) is 16.9. The van der Waals surface area contributed by atoms with E-state index in [1.807, 2.05) is 65.1 Å². The molecule has 0 spiro atoms. The summed E-state index contributed by atoms with van der Waals surface area (Å²) in [7, 11) is 1.53. The molecule has 126 valence electrons. The van der Waals surface area contributed by atoms with Crippen LogP contribution in [0.5, 0.6) is 0 Å². The minimum Gasteiger partial charge on any atom is -0.398 e. The first-order chi connectivity index (χ1) is 11.3. The van der Waals surface area contributed by atoms with E-state index in [0.717, 1.165) is 12.4 Å². The van der Waals surface area contributed by atoms with Crippen LogP contribution in [0.2, 0.25) is 0 Å². The fourth-order valence-electron chi connectivity index (χ4n) is 2.57. The standard InChI is InChI=1S/C18H24BN3O2/c1-17(2)18(3,4)24-19(23-17)15-11-12-16(21-20-15)22(5)13-14-9-7-6-8-10-14/h6-12H,13H2,1-5H3. The molecule has 2 heterocycles. The zero-order chi connectivity index (χ0) is 17.4. The molecule has 0 atom stereocenters. The van der Waals surface area contributed by atoms with Gasteiger partial charge in [0.25, 0.3) is 0 Å². The van der Waals surface area contributed by atoms with Crippen molar-refractivity contribution in [2.75, 3.05) is 11.9 Å². The van der Waals surface area contributed by atoms with Crippen LogP contribution in [0.4, 0.5) is 5.82 Å². The van der Waals surface area contributed by atoms with Crippen LogP contribution in [0.25, 0.3) is 0 Å². The lowest BCUT2D eigenvalue weighted by molar-refractivity contribution is 0.00578. The van der Waals surface area contributed by atoms with Crippen LogP contribution in [0.15, 0.2) is 42.5 Å². The number of aromatic nitrogens is 2. The van der Waals surface area contributed by atoms with Crippen LogP contribution in [0.3, 0.4) is 0 Å². The molecule has 0 radical (unpaired) electrons. The van der Waals surface area contributed by atoms with Gasteiger partial charge in [-0.1, -0.05) is 30.3 Å². The van der Waals surface area contributed by atoms with Gasteiger partial charge in [0.1, 0.15) is 0 Å². The SMILES string of the molecule is CN(Cc1ccccc1)c1ccc(B2OC(C)(C)C(C)(C)O2)nn1. The van der Waals surface area contributed by atoms with E-state index in [-0.39, 0.29) is 11.2 Å². The van der Waals surface area contributed by atoms with E-state index in [9.17, 15) is 0 Å². The Labute approximate surface area is 144 Å². The molecule has 0 aliphatic carbocycles. The molecule has 0 unspecified atom stereocenters. The first-order valence-electron chi connectivity index (χ1n) is 8.23. The Hall–Kier alpha value is -1.92. The van der Waals surface area contributed by atoms with E-state index in [4.69, 9.17) is 9.31 Å². The molecule has 1 fully saturated rings. The molecule has 1 aliphatic rings. The van der Waals surface area contributed by atoms with E-state index < -0.39 is 7.12 Å². The summed E-state index contributed by atoms with van der Waals surface area (Å²) in [6, 6.07) is 14.2. The van der Waals surface area contributed by atoms with Gasteiger partial charge in [-0.05, 0) is 45.4 Å². The van der Waals surface area contributed by atoms with E-state index in [0.29, 0.717) is 5.59 Å². The second-order valence-electron chi connectivity index (χ2n) is 7.25. The number of anilines is 1. The summed E-state index contributed by atoms with van der Waals surface area (Å²) in [4.78, 5) is 2.07. The largest absolute Gasteiger partial charge is 0.516 e. The Morgan fingerprint density at radius 1 is 0.917 bits per heavy atom. The maximum atomic E-state index is 6.01. The fraction of sp³-hybridized carbons (Fsp3) is 0.444. The molecule has 6 heteroatoms. The van der Waals surface area contributed by atoms with E-state index in [2.05, 4.69) is 27.2 Å². The molecule has 3 rings (SSSR count). The minimum atomic E-state index is -0.476. The van der Waals surface area contributed by atoms with Crippen molar-refractivity contribution in [3.05, 3.63) is 48.0 Å². The van der Waals surface area contributed by atoms with Crippen LogP contribution in [-0.4, -0.2) is 35.6 Å². The lowest BCUT2D eigenvalue weighted by Crippen LogP contribution is -2.41. The highest BCUT2D eigenvalue weighted by Gasteiger charge is 2.52. The molecule has 0 bridgehead atoms. The Bertz CT molecular complexity index is 673. The predicted molar refractivity (Wildman–Crippen MR) is 96.3 cm³/mol. The number of rotatable bonds is 4. The topological polar surface area (TPSA) is 47.5 Å². The van der Waals surface area contributed by atoms with Crippen molar-refractivity contribution in [3.63, 3.8) is 0 Å². The Kier molecular flexibility index (Phi) is 4.36. The number of benzene rings is 1. The van der Waals surface area contributed by atoms with Crippen LogP contribution in [0.1, 0.15) is 33.3 Å². The molecule has 5 nitrogen and oxygen atoms in total. The van der Waals surface area contributed by atoms with E-state index in [1.54, 1.807) is 0 Å². The second kappa shape index (κ2) is 6.18. The average Bonchev–Trinajstić information content (AvgIpc) is 2.76. The van der Waals surface area contributed by atoms with Crippen LogP contribution >= 0.6 is 0 Å². The maximum Gasteiger partial charge on any atom is 0.516 e. The lowest BCUT2D eigenvalue weighted by atomic mass is 9.85. The summed E-state index contributed by atoms with van der Waals surface area (Å²) in [6.07, 6.45) is 0. The van der Waals surface area contributed by atoms with Gasteiger partial charge in [-0.2, -0.15) is 5.10 Å². The van der Waals surface area contributed by atoms with Gasteiger partial charge in [-0.15, -0.1) is 5.10 Å². The van der Waals surface area contributed by atoms with Crippen molar-refractivity contribution in [1.82, 2.24) is 10.2 Å². The molecule has 1 saturated heterocycles. The molecule has 24 heavy (non-hydrogen) atoms. The molecule has 0 saturated carbocycles. The van der Waals surface area contributed by atoms with Gasteiger partial charge in [0.2, 0.25) is 0 Å². The summed E-state index contributed by atoms with van der Waals surface area (Å²) < 4.78 is 12.0. The molecule has 0 amide bonds. The fourth-order valence-corrected chi connectivity index (χ4v) is 2.57. The molecular formula is C18H24BN3O2. The Balaban J connectivity index is 1.70. The zero-order valence-electron chi connectivity index (χ0n) is 15.0. The highest BCUT2D eigenvalue weighted by Crippen LogP contribution is 2.36. The van der Waals surface area contributed by atoms with E-state index >= 15 is 0 Å². The second-order valence-corrected chi connectivity index (χ2v) is 7.25. The van der Waals surface area contributed by atoms with E-state index in [1.165, 1.54) is 5.56 Å². The van der Waals surface area contributed by atoms with Crippen LogP contribution < -0.4 is 10.5 Å². The van der Waals surface area contributed by atoms with Crippen LogP contribution in [0, 0.1) is 0 Å². The summed E-state index contributed by atoms with van der Waals surface area (Å²) >= 11 is 0. The first-order valence-corrected chi connectivity index (χ1v) is 8.23. The zero-order valence-corrected chi connectivity index (χ0v) is 15.0. The van der Waals surface area contributed by atoms with Gasteiger partial charge in [0, 0.05) is 13.6 Å². The quantitative estimate of drug-likeness (QED) is 0.808. The molecule has 2 aromatic rings. The molecular weight excluding hydrogens is 301 g/mol. The van der Waals surface area contributed by atoms with Crippen molar-refractivity contribution < 1.29 is 9.31 Å². The van der Waals surface area contributed by atoms with Crippen molar-refractivity contribution in [3.8, 4) is 0 Å². The summed E-state index contributed by atoms with van der Waals surface area (Å²) in [5, 5.41) is 8.64. The lowest BCUT2D eigenvalue weighted by Gasteiger charge is -2.32. The van der Waals surface area contributed by atoms with Crippen molar-refractivity contribution in [1.29, 1.82) is 0 Å². The van der Waals surface area contributed by atoms with Gasteiger partial charge in [-0.25, -0.2) is 0 Å². The molecule has 1 aromatic carbocycles. The highest BCUT2D eigenvalue weighted by molar-refractivity contribution is 6.61.